The number of nitrogens with two attached hydrogens (primary N) is 1. The van der Waals surface area contributed by atoms with Crippen LogP contribution < -0.4 is 5.73 Å². The van der Waals surface area contributed by atoms with Crippen LogP contribution in [-0.2, 0) is 6.42 Å². The molecule has 2 N–H and O–H groups in total. The second-order valence-corrected chi connectivity index (χ2v) is 5.13. The Morgan fingerprint density at radius 3 is 3.00 bits per heavy atom. The SMILES string of the molecule is CC(N)=C(C=NCC1CC1)Cc1cccnc1Cl. The number of hydrogen-bond acceptors (Lipinski definition) is 3. The molecule has 0 unspecified atom stereocenters. The van der Waals surface area contributed by atoms with Gasteiger partial charge in [0.05, 0.1) is 0 Å². The van der Waals surface area contributed by atoms with Crippen molar-refractivity contribution in [3.8, 4) is 0 Å². The number of pyridine rings is 1. The van der Waals surface area contributed by atoms with E-state index in [2.05, 4.69) is 9.98 Å². The zero-order chi connectivity index (χ0) is 13.0. The minimum atomic E-state index is 0.534. The summed E-state index contributed by atoms with van der Waals surface area (Å²) in [5, 5.41) is 0.534. The first-order chi connectivity index (χ1) is 8.66. The lowest BCUT2D eigenvalue weighted by atomic mass is 10.1. The molecule has 0 amide bonds. The Hall–Kier alpha value is -1.35. The van der Waals surface area contributed by atoms with Crippen LogP contribution in [0.3, 0.4) is 0 Å². The topological polar surface area (TPSA) is 51.3 Å². The zero-order valence-electron chi connectivity index (χ0n) is 10.6. The molecule has 0 atom stereocenters. The second kappa shape index (κ2) is 6.01. The molecular weight excluding hydrogens is 246 g/mol. The van der Waals surface area contributed by atoms with Gasteiger partial charge >= 0.3 is 0 Å². The van der Waals surface area contributed by atoms with Crippen LogP contribution in [0.5, 0.6) is 0 Å². The molecule has 1 aliphatic carbocycles. The highest BCUT2D eigenvalue weighted by Crippen LogP contribution is 2.28. The molecule has 3 nitrogen and oxygen atoms in total. The number of aliphatic imine (C=N–C) groups is 1. The summed E-state index contributed by atoms with van der Waals surface area (Å²) in [5.41, 5.74) is 8.68. The highest BCUT2D eigenvalue weighted by Gasteiger charge is 2.19. The van der Waals surface area contributed by atoms with Gasteiger partial charge in [0.15, 0.2) is 0 Å². The van der Waals surface area contributed by atoms with E-state index in [9.17, 15) is 0 Å². The van der Waals surface area contributed by atoms with Gasteiger partial charge < -0.3 is 5.73 Å². The van der Waals surface area contributed by atoms with Crippen molar-refractivity contribution in [3.63, 3.8) is 0 Å². The molecule has 0 aliphatic heterocycles. The van der Waals surface area contributed by atoms with Gasteiger partial charge in [-0.25, -0.2) is 4.98 Å². The summed E-state index contributed by atoms with van der Waals surface area (Å²) in [5.74, 6) is 0.794. The van der Waals surface area contributed by atoms with Crippen LogP contribution in [0.25, 0.3) is 0 Å². The minimum Gasteiger partial charge on any atom is -0.402 e. The standard InChI is InChI=1S/C14H18ClN3/c1-10(16)13(9-17-8-11-4-5-11)7-12-3-2-6-18-14(12)15/h2-3,6,9,11H,4-5,7-8,16H2,1H3. The molecule has 96 valence electrons. The summed E-state index contributed by atoms with van der Waals surface area (Å²) in [6, 6.07) is 3.85. The Labute approximate surface area is 113 Å². The first-order valence-corrected chi connectivity index (χ1v) is 6.59. The number of allylic oxidation sites excluding steroid dienone is 2. The molecule has 4 heteroatoms. The lowest BCUT2D eigenvalue weighted by Crippen LogP contribution is -2.04. The molecule has 2 rings (SSSR count). The predicted molar refractivity (Wildman–Crippen MR) is 75.9 cm³/mol. The lowest BCUT2D eigenvalue weighted by Gasteiger charge is -2.06. The van der Waals surface area contributed by atoms with Crippen molar-refractivity contribution in [1.29, 1.82) is 0 Å². The van der Waals surface area contributed by atoms with Gasteiger partial charge in [-0.15, -0.1) is 0 Å². The monoisotopic (exact) mass is 263 g/mol. The fourth-order valence-corrected chi connectivity index (χ4v) is 1.84. The van der Waals surface area contributed by atoms with Crippen LogP contribution in [0.4, 0.5) is 0 Å². The summed E-state index contributed by atoms with van der Waals surface area (Å²) in [6.45, 7) is 2.81. The lowest BCUT2D eigenvalue weighted by molar-refractivity contribution is 0.850. The molecule has 0 saturated heterocycles. The maximum atomic E-state index is 6.05. The molecule has 18 heavy (non-hydrogen) atoms. The maximum absolute atomic E-state index is 6.05. The smallest absolute Gasteiger partial charge is 0.132 e. The molecule has 1 saturated carbocycles. The van der Waals surface area contributed by atoms with E-state index in [-0.39, 0.29) is 0 Å². The quantitative estimate of drug-likeness (QED) is 0.656. The van der Waals surface area contributed by atoms with E-state index in [0.29, 0.717) is 11.6 Å². The highest BCUT2D eigenvalue weighted by molar-refractivity contribution is 6.30. The summed E-state index contributed by atoms with van der Waals surface area (Å²) in [7, 11) is 0. The van der Waals surface area contributed by atoms with E-state index >= 15 is 0 Å². The average Bonchev–Trinajstić information content (AvgIpc) is 3.14. The van der Waals surface area contributed by atoms with Gasteiger partial charge in [0.2, 0.25) is 0 Å². The van der Waals surface area contributed by atoms with Crippen molar-refractivity contribution < 1.29 is 0 Å². The van der Waals surface area contributed by atoms with Crippen molar-refractivity contribution in [2.24, 2.45) is 16.6 Å². The summed E-state index contributed by atoms with van der Waals surface area (Å²) >= 11 is 6.05. The van der Waals surface area contributed by atoms with Crippen LogP contribution in [0.2, 0.25) is 5.15 Å². The fourth-order valence-electron chi connectivity index (χ4n) is 1.66. The van der Waals surface area contributed by atoms with Crippen LogP contribution in [0, 0.1) is 5.92 Å². The summed E-state index contributed by atoms with van der Waals surface area (Å²) in [6.07, 6.45) is 6.88. The van der Waals surface area contributed by atoms with E-state index in [1.807, 2.05) is 25.3 Å². The zero-order valence-corrected chi connectivity index (χ0v) is 11.3. The van der Waals surface area contributed by atoms with Gasteiger partial charge in [0, 0.05) is 31.1 Å². The van der Waals surface area contributed by atoms with E-state index in [4.69, 9.17) is 17.3 Å². The van der Waals surface area contributed by atoms with E-state index in [0.717, 1.165) is 29.3 Å². The molecular formula is C14H18ClN3. The number of nitrogens with zero attached hydrogens (tertiary/aromatic N) is 2. The fraction of sp³-hybridized carbons (Fsp3) is 0.429. The molecule has 1 aromatic heterocycles. The van der Waals surface area contributed by atoms with Crippen LogP contribution >= 0.6 is 11.6 Å². The third kappa shape index (κ3) is 3.84. The second-order valence-electron chi connectivity index (χ2n) is 4.78. The van der Waals surface area contributed by atoms with E-state index in [1.54, 1.807) is 6.20 Å². The third-order valence-electron chi connectivity index (χ3n) is 3.03. The van der Waals surface area contributed by atoms with Crippen molar-refractivity contribution in [3.05, 3.63) is 40.3 Å². The van der Waals surface area contributed by atoms with Crippen LogP contribution in [0.1, 0.15) is 25.3 Å². The van der Waals surface area contributed by atoms with Crippen molar-refractivity contribution in [2.45, 2.75) is 26.2 Å². The molecule has 1 aliphatic rings. The van der Waals surface area contributed by atoms with Gasteiger partial charge in [0.1, 0.15) is 5.15 Å². The Bertz CT molecular complexity index is 472. The van der Waals surface area contributed by atoms with Gasteiger partial charge in [-0.2, -0.15) is 0 Å². The average molecular weight is 264 g/mol. The summed E-state index contributed by atoms with van der Waals surface area (Å²) in [4.78, 5) is 8.52. The number of aromatic nitrogens is 1. The van der Waals surface area contributed by atoms with Crippen LogP contribution in [-0.4, -0.2) is 17.7 Å². The summed E-state index contributed by atoms with van der Waals surface area (Å²) < 4.78 is 0. The van der Waals surface area contributed by atoms with Crippen molar-refractivity contribution in [2.75, 3.05) is 6.54 Å². The van der Waals surface area contributed by atoms with Crippen LogP contribution in [0.15, 0.2) is 34.6 Å². The minimum absolute atomic E-state index is 0.534. The van der Waals surface area contributed by atoms with Gasteiger partial charge in [-0.1, -0.05) is 17.7 Å². The number of hydrogen-bond donors (Lipinski definition) is 1. The van der Waals surface area contributed by atoms with Crippen molar-refractivity contribution in [1.82, 2.24) is 4.98 Å². The maximum Gasteiger partial charge on any atom is 0.132 e. The molecule has 0 spiro atoms. The van der Waals surface area contributed by atoms with E-state index < -0.39 is 0 Å². The first-order valence-electron chi connectivity index (χ1n) is 6.21. The molecule has 1 fully saturated rings. The molecule has 1 heterocycles. The van der Waals surface area contributed by atoms with Gasteiger partial charge in [-0.3, -0.25) is 4.99 Å². The van der Waals surface area contributed by atoms with Gasteiger partial charge in [0.25, 0.3) is 0 Å². The molecule has 0 aromatic carbocycles. The highest BCUT2D eigenvalue weighted by atomic mass is 35.5. The Kier molecular flexibility index (Phi) is 4.37. The Balaban J connectivity index is 2.04. The largest absolute Gasteiger partial charge is 0.402 e. The van der Waals surface area contributed by atoms with E-state index in [1.165, 1.54) is 12.8 Å². The van der Waals surface area contributed by atoms with Gasteiger partial charge in [-0.05, 0) is 42.9 Å². The molecule has 0 radical (unpaired) electrons. The molecule has 0 bridgehead atoms. The van der Waals surface area contributed by atoms with Crippen molar-refractivity contribution >= 4 is 17.8 Å². The number of rotatable bonds is 5. The first kappa shape index (κ1) is 13.1. The predicted octanol–water partition coefficient (Wildman–Crippen LogP) is 2.99. The number of halogens is 1. The molecule has 1 aromatic rings. The third-order valence-corrected chi connectivity index (χ3v) is 3.37. The Morgan fingerprint density at radius 1 is 1.61 bits per heavy atom. The Morgan fingerprint density at radius 2 is 2.39 bits per heavy atom. The normalized spacial score (nSPS) is 17.0.